The van der Waals surface area contributed by atoms with Crippen LogP contribution in [0.25, 0.3) is 5.69 Å². The average Bonchev–Trinajstić information content (AvgIpc) is 3.24. The summed E-state index contributed by atoms with van der Waals surface area (Å²) in [5.41, 5.74) is -1.54. The predicted octanol–water partition coefficient (Wildman–Crippen LogP) is 2.52. The van der Waals surface area contributed by atoms with E-state index in [0.29, 0.717) is 30.0 Å². The van der Waals surface area contributed by atoms with Crippen LogP contribution < -0.4 is 5.32 Å². The average molecular weight is 454 g/mol. The monoisotopic (exact) mass is 454 g/mol. The van der Waals surface area contributed by atoms with E-state index < -0.39 is 23.4 Å². The van der Waals surface area contributed by atoms with Crippen molar-refractivity contribution in [2.45, 2.75) is 26.1 Å². The van der Waals surface area contributed by atoms with Crippen LogP contribution in [0, 0.1) is 0 Å². The smallest absolute Gasteiger partial charge is 0.434 e. The van der Waals surface area contributed by atoms with Gasteiger partial charge in [-0.2, -0.15) is 18.3 Å². The first-order chi connectivity index (χ1) is 15.2. The molecule has 2 aromatic rings. The highest BCUT2D eigenvalue weighted by atomic mass is 19.4. The summed E-state index contributed by atoms with van der Waals surface area (Å²) in [7, 11) is 0. The summed E-state index contributed by atoms with van der Waals surface area (Å²) in [6, 6.07) is 5.64. The molecule has 174 valence electrons. The summed E-state index contributed by atoms with van der Waals surface area (Å²) in [6.07, 6.45) is -4.00. The van der Waals surface area contributed by atoms with Crippen molar-refractivity contribution >= 4 is 11.9 Å². The number of carbonyl (C=O) groups is 2. The minimum absolute atomic E-state index is 0.0602. The van der Waals surface area contributed by atoms with E-state index in [9.17, 15) is 22.8 Å². The quantitative estimate of drug-likeness (QED) is 0.648. The molecule has 0 radical (unpaired) electrons. The van der Waals surface area contributed by atoms with Gasteiger partial charge in [-0.25, -0.2) is 9.48 Å². The summed E-state index contributed by atoms with van der Waals surface area (Å²) >= 11 is 0. The van der Waals surface area contributed by atoms with Gasteiger partial charge in [0.15, 0.2) is 5.69 Å². The Hall–Kier alpha value is -2.92. The lowest BCUT2D eigenvalue weighted by molar-refractivity contribution is -0.143. The molecule has 1 aliphatic heterocycles. The van der Waals surface area contributed by atoms with E-state index in [2.05, 4.69) is 15.3 Å². The molecule has 11 heteroatoms. The molecule has 1 aliphatic rings. The van der Waals surface area contributed by atoms with E-state index in [-0.39, 0.29) is 24.2 Å². The van der Waals surface area contributed by atoms with Crippen LogP contribution in [0.2, 0.25) is 0 Å². The molecule has 1 aromatic carbocycles. The number of amides is 1. The van der Waals surface area contributed by atoms with Crippen molar-refractivity contribution in [2.75, 3.05) is 39.5 Å². The number of nitrogens with zero attached hydrogens (tertiary/aromatic N) is 3. The van der Waals surface area contributed by atoms with Crippen LogP contribution in [0.3, 0.4) is 0 Å². The molecule has 1 saturated heterocycles. The Bertz CT molecular complexity index is 938. The molecule has 8 nitrogen and oxygen atoms in total. The van der Waals surface area contributed by atoms with E-state index in [1.807, 2.05) is 6.92 Å². The molecule has 1 N–H and O–H groups in total. The Morgan fingerprint density at radius 2 is 1.88 bits per heavy atom. The number of morpholine rings is 1. The summed E-state index contributed by atoms with van der Waals surface area (Å²) in [5, 5.41) is 6.56. The van der Waals surface area contributed by atoms with E-state index in [1.165, 1.54) is 31.2 Å². The van der Waals surface area contributed by atoms with Gasteiger partial charge < -0.3 is 14.8 Å². The van der Waals surface area contributed by atoms with Crippen LogP contribution in [0.15, 0.2) is 30.5 Å². The Labute approximate surface area is 183 Å². The van der Waals surface area contributed by atoms with Crippen LogP contribution >= 0.6 is 0 Å². The van der Waals surface area contributed by atoms with Gasteiger partial charge >= 0.3 is 12.1 Å². The molecule has 1 amide bonds. The normalized spacial score (nSPS) is 15.9. The zero-order chi connectivity index (χ0) is 23.3. The Morgan fingerprint density at radius 3 is 2.47 bits per heavy atom. The number of alkyl halides is 3. The number of ether oxygens (including phenoxy) is 2. The summed E-state index contributed by atoms with van der Waals surface area (Å²) in [6.45, 7) is 6.79. The fourth-order valence-electron chi connectivity index (χ4n) is 3.42. The van der Waals surface area contributed by atoms with Crippen molar-refractivity contribution < 1.29 is 32.2 Å². The zero-order valence-electron chi connectivity index (χ0n) is 17.8. The number of hydrogen-bond donors (Lipinski definition) is 1. The van der Waals surface area contributed by atoms with Crippen LogP contribution in [-0.4, -0.2) is 72.1 Å². The number of halogens is 3. The van der Waals surface area contributed by atoms with Crippen molar-refractivity contribution in [3.63, 3.8) is 0 Å². The van der Waals surface area contributed by atoms with Gasteiger partial charge in [-0.15, -0.1) is 0 Å². The SMILES string of the molecule is CCOC(=O)c1cnn(-c2ccc(C(=O)NCC(C)N3CCOCC3)cc2)c1C(F)(F)F. The van der Waals surface area contributed by atoms with Gasteiger partial charge in [-0.3, -0.25) is 9.69 Å². The Kier molecular flexibility index (Phi) is 7.52. The minimum Gasteiger partial charge on any atom is -0.462 e. The number of rotatable bonds is 7. The first kappa shape index (κ1) is 23.7. The minimum atomic E-state index is -4.83. The first-order valence-corrected chi connectivity index (χ1v) is 10.2. The molecule has 1 atom stereocenters. The predicted molar refractivity (Wildman–Crippen MR) is 109 cm³/mol. The third-order valence-electron chi connectivity index (χ3n) is 5.13. The molecule has 1 aromatic heterocycles. The first-order valence-electron chi connectivity index (χ1n) is 10.2. The third-order valence-corrected chi connectivity index (χ3v) is 5.13. The van der Waals surface area contributed by atoms with Crippen molar-refractivity contribution in [3.8, 4) is 5.69 Å². The molecule has 0 saturated carbocycles. The van der Waals surface area contributed by atoms with Crippen molar-refractivity contribution in [2.24, 2.45) is 0 Å². The topological polar surface area (TPSA) is 85.7 Å². The Morgan fingerprint density at radius 1 is 1.22 bits per heavy atom. The van der Waals surface area contributed by atoms with Crippen LogP contribution in [0.4, 0.5) is 13.2 Å². The summed E-state index contributed by atoms with van der Waals surface area (Å²) in [5.74, 6) is -1.43. The fourth-order valence-corrected chi connectivity index (χ4v) is 3.42. The van der Waals surface area contributed by atoms with Crippen molar-refractivity contribution in [1.29, 1.82) is 0 Å². The lowest BCUT2D eigenvalue weighted by atomic mass is 10.1. The van der Waals surface area contributed by atoms with Crippen LogP contribution in [0.5, 0.6) is 0 Å². The lowest BCUT2D eigenvalue weighted by Crippen LogP contribution is -2.47. The molecule has 1 unspecified atom stereocenters. The molecule has 3 rings (SSSR count). The molecular formula is C21H25F3N4O4. The van der Waals surface area contributed by atoms with E-state index >= 15 is 0 Å². The van der Waals surface area contributed by atoms with Gasteiger partial charge in [-0.1, -0.05) is 0 Å². The summed E-state index contributed by atoms with van der Waals surface area (Å²) in [4.78, 5) is 26.6. The number of esters is 1. The molecule has 1 fully saturated rings. The standard InChI is InChI=1S/C21H25F3N4O4/c1-3-32-20(30)17-13-26-28(18(17)21(22,23)24)16-6-4-15(5-7-16)19(29)25-12-14(2)27-8-10-31-11-9-27/h4-7,13-14H,3,8-12H2,1-2H3,(H,25,29). The number of carbonyl (C=O) groups excluding carboxylic acids is 2. The van der Waals surface area contributed by atoms with Gasteiger partial charge in [0.05, 0.1) is 31.7 Å². The number of nitrogens with one attached hydrogen (secondary N) is 1. The van der Waals surface area contributed by atoms with Crippen molar-refractivity contribution in [3.05, 3.63) is 47.3 Å². The number of benzene rings is 1. The zero-order valence-corrected chi connectivity index (χ0v) is 17.8. The molecule has 32 heavy (non-hydrogen) atoms. The molecule has 2 heterocycles. The van der Waals surface area contributed by atoms with Crippen molar-refractivity contribution in [1.82, 2.24) is 20.0 Å². The lowest BCUT2D eigenvalue weighted by Gasteiger charge is -2.32. The van der Waals surface area contributed by atoms with Gasteiger partial charge in [0.2, 0.25) is 0 Å². The molecule has 0 bridgehead atoms. The van der Waals surface area contributed by atoms with Gasteiger partial charge in [0.25, 0.3) is 5.91 Å². The van der Waals surface area contributed by atoms with E-state index in [1.54, 1.807) is 0 Å². The maximum atomic E-state index is 13.6. The maximum Gasteiger partial charge on any atom is 0.434 e. The van der Waals surface area contributed by atoms with E-state index in [4.69, 9.17) is 9.47 Å². The van der Waals surface area contributed by atoms with E-state index in [0.717, 1.165) is 19.3 Å². The second-order valence-electron chi connectivity index (χ2n) is 7.29. The summed E-state index contributed by atoms with van der Waals surface area (Å²) < 4.78 is 51.5. The highest BCUT2D eigenvalue weighted by Gasteiger charge is 2.41. The van der Waals surface area contributed by atoms with Gasteiger partial charge in [0.1, 0.15) is 5.56 Å². The number of aromatic nitrogens is 2. The second kappa shape index (κ2) is 10.1. The Balaban J connectivity index is 1.72. The largest absolute Gasteiger partial charge is 0.462 e. The number of hydrogen-bond acceptors (Lipinski definition) is 6. The second-order valence-corrected chi connectivity index (χ2v) is 7.29. The molecule has 0 aliphatic carbocycles. The highest BCUT2D eigenvalue weighted by molar-refractivity contribution is 5.94. The molecular weight excluding hydrogens is 429 g/mol. The molecule has 0 spiro atoms. The van der Waals surface area contributed by atoms with Gasteiger partial charge in [-0.05, 0) is 38.1 Å². The van der Waals surface area contributed by atoms with Crippen LogP contribution in [0.1, 0.15) is 40.3 Å². The highest BCUT2D eigenvalue weighted by Crippen LogP contribution is 2.34. The third kappa shape index (κ3) is 5.46. The maximum absolute atomic E-state index is 13.6. The van der Waals surface area contributed by atoms with Crippen LogP contribution in [-0.2, 0) is 15.7 Å². The fraction of sp³-hybridized carbons (Fsp3) is 0.476. The van der Waals surface area contributed by atoms with Gasteiger partial charge in [0, 0.05) is 31.2 Å².